The second-order valence-corrected chi connectivity index (χ2v) is 7.19. The first kappa shape index (κ1) is 25.3. The highest BCUT2D eigenvalue weighted by Crippen LogP contribution is 2.06. The minimum atomic E-state index is -1.17. The van der Waals surface area contributed by atoms with E-state index in [0.717, 1.165) is 0 Å². The van der Waals surface area contributed by atoms with E-state index in [1.165, 1.54) is 0 Å². The fraction of sp³-hybridized carbons (Fsp3) is 0.706. The Balaban J connectivity index is 4.73. The lowest BCUT2D eigenvalue weighted by Crippen LogP contribution is -2.56. The highest BCUT2D eigenvalue weighted by molar-refractivity contribution is 5.92. The molecule has 0 aliphatic heterocycles. The number of carboxylic acid groups (broad SMARTS) is 1. The van der Waals surface area contributed by atoms with Gasteiger partial charge in [-0.15, -0.1) is 0 Å². The zero-order chi connectivity index (χ0) is 22.0. The number of aliphatic carboxylic acids is 1. The topological polar surface area (TPSA) is 194 Å². The summed E-state index contributed by atoms with van der Waals surface area (Å²) in [6, 6.07) is -3.06. The number of carbonyl (C=O) groups excluding carboxylic acids is 4. The number of carboxylic acids is 1. The maximum atomic E-state index is 12.4. The van der Waals surface area contributed by atoms with Crippen LogP contribution in [0.3, 0.4) is 0 Å². The number of hydrogen-bond acceptors (Lipinski definition) is 6. The molecule has 0 heterocycles. The van der Waals surface area contributed by atoms with E-state index in [1.807, 2.05) is 0 Å². The predicted octanol–water partition coefficient (Wildman–Crippen LogP) is -1.94. The van der Waals surface area contributed by atoms with Gasteiger partial charge >= 0.3 is 5.97 Å². The Labute approximate surface area is 164 Å². The van der Waals surface area contributed by atoms with Crippen LogP contribution in [0.4, 0.5) is 0 Å². The molecule has 11 nitrogen and oxygen atoms in total. The molecular formula is C17H31N5O6. The van der Waals surface area contributed by atoms with Crippen molar-refractivity contribution in [3.63, 3.8) is 0 Å². The van der Waals surface area contributed by atoms with Crippen LogP contribution in [0.1, 0.15) is 40.5 Å². The molecule has 0 rings (SSSR count). The summed E-state index contributed by atoms with van der Waals surface area (Å²) in [5.41, 5.74) is 10.6. The standard InChI is InChI=1S/C17H31N5O6/c1-8(2)13(16(26)22-14(9(3)4)17(27)28)21-12(24)7-20-15(25)10(18)5-6-11(19)23/h8-10,13-14H,5-7,18H2,1-4H3,(H2,19,23)(H,20,25)(H,21,24)(H,22,26)(H,27,28). The third-order valence-electron chi connectivity index (χ3n) is 3.96. The van der Waals surface area contributed by atoms with E-state index in [-0.39, 0.29) is 24.7 Å². The summed E-state index contributed by atoms with van der Waals surface area (Å²) >= 11 is 0. The number of carbonyl (C=O) groups is 5. The van der Waals surface area contributed by atoms with Crippen LogP contribution in [0.5, 0.6) is 0 Å². The van der Waals surface area contributed by atoms with Crippen LogP contribution in [-0.2, 0) is 24.0 Å². The lowest BCUT2D eigenvalue weighted by atomic mass is 10.0. The van der Waals surface area contributed by atoms with Crippen molar-refractivity contribution >= 4 is 29.6 Å². The summed E-state index contributed by atoms with van der Waals surface area (Å²) in [4.78, 5) is 58.2. The fourth-order valence-electron chi connectivity index (χ4n) is 2.24. The van der Waals surface area contributed by atoms with Gasteiger partial charge in [0.1, 0.15) is 12.1 Å². The predicted molar refractivity (Wildman–Crippen MR) is 101 cm³/mol. The van der Waals surface area contributed by atoms with Crippen molar-refractivity contribution in [2.75, 3.05) is 6.54 Å². The monoisotopic (exact) mass is 401 g/mol. The SMILES string of the molecule is CC(C)C(NC(=O)C(NC(=O)CNC(=O)C(N)CCC(N)=O)C(C)C)C(=O)O. The third-order valence-corrected chi connectivity index (χ3v) is 3.96. The number of amides is 4. The Morgan fingerprint density at radius 1 is 0.893 bits per heavy atom. The van der Waals surface area contributed by atoms with Crippen molar-refractivity contribution in [3.05, 3.63) is 0 Å². The fourth-order valence-corrected chi connectivity index (χ4v) is 2.24. The van der Waals surface area contributed by atoms with Gasteiger partial charge in [-0.3, -0.25) is 19.2 Å². The minimum absolute atomic E-state index is 0.0472. The Kier molecular flexibility index (Phi) is 10.8. The van der Waals surface area contributed by atoms with E-state index in [4.69, 9.17) is 11.5 Å². The van der Waals surface area contributed by atoms with E-state index >= 15 is 0 Å². The number of hydrogen-bond donors (Lipinski definition) is 6. The van der Waals surface area contributed by atoms with E-state index < -0.39 is 54.3 Å². The van der Waals surface area contributed by atoms with Crippen molar-refractivity contribution < 1.29 is 29.1 Å². The van der Waals surface area contributed by atoms with Gasteiger partial charge in [0.2, 0.25) is 23.6 Å². The molecule has 160 valence electrons. The molecular weight excluding hydrogens is 370 g/mol. The van der Waals surface area contributed by atoms with Gasteiger partial charge in [0, 0.05) is 6.42 Å². The highest BCUT2D eigenvalue weighted by atomic mass is 16.4. The van der Waals surface area contributed by atoms with E-state index in [2.05, 4.69) is 16.0 Å². The molecule has 0 spiro atoms. The first-order valence-electron chi connectivity index (χ1n) is 9.00. The number of nitrogens with two attached hydrogens (primary N) is 2. The van der Waals surface area contributed by atoms with Gasteiger partial charge in [-0.05, 0) is 18.3 Å². The summed E-state index contributed by atoms with van der Waals surface area (Å²) < 4.78 is 0. The van der Waals surface area contributed by atoms with Crippen LogP contribution in [0.15, 0.2) is 0 Å². The van der Waals surface area contributed by atoms with Crippen LogP contribution in [0.25, 0.3) is 0 Å². The van der Waals surface area contributed by atoms with E-state index in [1.54, 1.807) is 27.7 Å². The maximum absolute atomic E-state index is 12.4. The quantitative estimate of drug-likeness (QED) is 0.219. The molecule has 0 radical (unpaired) electrons. The molecule has 4 amide bonds. The number of rotatable bonds is 12. The second kappa shape index (κ2) is 11.9. The first-order valence-corrected chi connectivity index (χ1v) is 9.00. The Bertz CT molecular complexity index is 593. The summed E-state index contributed by atoms with van der Waals surface area (Å²) in [5.74, 6) is -4.32. The summed E-state index contributed by atoms with van der Waals surface area (Å²) in [6.45, 7) is 6.26. The van der Waals surface area contributed by atoms with Crippen LogP contribution in [0, 0.1) is 11.8 Å². The zero-order valence-electron chi connectivity index (χ0n) is 16.7. The zero-order valence-corrected chi connectivity index (χ0v) is 16.7. The van der Waals surface area contributed by atoms with Crippen molar-refractivity contribution in [1.82, 2.24) is 16.0 Å². The molecule has 0 aliphatic rings. The molecule has 3 atom stereocenters. The molecule has 0 fully saturated rings. The van der Waals surface area contributed by atoms with E-state index in [9.17, 15) is 29.1 Å². The number of primary amides is 1. The van der Waals surface area contributed by atoms with Gasteiger partial charge in [0.15, 0.2) is 0 Å². The highest BCUT2D eigenvalue weighted by Gasteiger charge is 2.30. The van der Waals surface area contributed by atoms with Crippen molar-refractivity contribution in [3.8, 4) is 0 Å². The van der Waals surface area contributed by atoms with Crippen LogP contribution >= 0.6 is 0 Å². The molecule has 0 saturated carbocycles. The lowest BCUT2D eigenvalue weighted by molar-refractivity contribution is -0.143. The molecule has 8 N–H and O–H groups in total. The van der Waals surface area contributed by atoms with Gasteiger partial charge in [0.25, 0.3) is 0 Å². The minimum Gasteiger partial charge on any atom is -0.480 e. The second-order valence-electron chi connectivity index (χ2n) is 7.19. The summed E-state index contributed by atoms with van der Waals surface area (Å²) in [7, 11) is 0. The summed E-state index contributed by atoms with van der Waals surface area (Å²) in [6.07, 6.45) is -0.0113. The Morgan fingerprint density at radius 2 is 1.43 bits per heavy atom. The molecule has 0 saturated heterocycles. The normalized spacial score (nSPS) is 14.1. The molecule has 0 aliphatic carbocycles. The van der Waals surface area contributed by atoms with Crippen molar-refractivity contribution in [1.29, 1.82) is 0 Å². The molecule has 3 unspecified atom stereocenters. The van der Waals surface area contributed by atoms with E-state index in [0.29, 0.717) is 0 Å². The van der Waals surface area contributed by atoms with Gasteiger partial charge in [-0.2, -0.15) is 0 Å². The van der Waals surface area contributed by atoms with Gasteiger partial charge < -0.3 is 32.5 Å². The molecule has 0 aromatic carbocycles. The molecule has 28 heavy (non-hydrogen) atoms. The smallest absolute Gasteiger partial charge is 0.326 e. The largest absolute Gasteiger partial charge is 0.480 e. The number of nitrogens with one attached hydrogen (secondary N) is 3. The average molecular weight is 401 g/mol. The van der Waals surface area contributed by atoms with Crippen LogP contribution < -0.4 is 27.4 Å². The third kappa shape index (κ3) is 9.31. The van der Waals surface area contributed by atoms with Crippen molar-refractivity contribution in [2.24, 2.45) is 23.3 Å². The van der Waals surface area contributed by atoms with Gasteiger partial charge in [0.05, 0.1) is 12.6 Å². The van der Waals surface area contributed by atoms with Crippen LogP contribution in [-0.4, -0.2) is 59.4 Å². The average Bonchev–Trinajstić information content (AvgIpc) is 2.58. The lowest BCUT2D eigenvalue weighted by Gasteiger charge is -2.25. The molecule has 0 aromatic rings. The molecule has 11 heteroatoms. The van der Waals surface area contributed by atoms with Crippen molar-refractivity contribution in [2.45, 2.75) is 58.7 Å². The summed E-state index contributed by atoms with van der Waals surface area (Å²) in [5, 5.41) is 16.4. The van der Waals surface area contributed by atoms with Gasteiger partial charge in [-0.25, -0.2) is 4.79 Å². The van der Waals surface area contributed by atoms with Gasteiger partial charge in [-0.1, -0.05) is 27.7 Å². The maximum Gasteiger partial charge on any atom is 0.326 e. The van der Waals surface area contributed by atoms with Crippen LogP contribution in [0.2, 0.25) is 0 Å². The molecule has 0 bridgehead atoms. The first-order chi connectivity index (χ1) is 12.9. The Hall–Kier alpha value is -2.69. The molecule has 0 aromatic heterocycles. The Morgan fingerprint density at radius 3 is 1.86 bits per heavy atom.